The Kier molecular flexibility index (Phi) is 8.24. The summed E-state index contributed by atoms with van der Waals surface area (Å²) in [6, 6.07) is 21.5. The van der Waals surface area contributed by atoms with Crippen LogP contribution in [0.4, 0.5) is 11.4 Å². The molecule has 1 amide bonds. The largest absolute Gasteiger partial charge is 0.493 e. The Balaban J connectivity index is 1.64. The maximum Gasteiger partial charge on any atom is 0.227 e. The van der Waals surface area contributed by atoms with Crippen LogP contribution in [0.2, 0.25) is 0 Å². The van der Waals surface area contributed by atoms with Crippen LogP contribution in [0.5, 0.6) is 11.5 Å². The number of methoxy groups -OCH3 is 2. The first-order valence-electron chi connectivity index (χ1n) is 14.2. The number of unbranched alkanes of at least 4 members (excludes halogenated alkanes) is 2. The maximum absolute atomic E-state index is 14.2. The van der Waals surface area contributed by atoms with E-state index in [0.717, 1.165) is 53.0 Å². The number of carbonyl (C=O) groups is 2. The van der Waals surface area contributed by atoms with Crippen LogP contribution in [0.1, 0.15) is 74.1 Å². The van der Waals surface area contributed by atoms with E-state index in [9.17, 15) is 9.59 Å². The first-order chi connectivity index (χ1) is 19.4. The van der Waals surface area contributed by atoms with Crippen LogP contribution in [-0.2, 0) is 9.59 Å². The number of anilines is 2. The molecule has 1 N–H and O–H groups in total. The standard InChI is InChI=1S/C34H38N2O4/c1-5-6-7-12-32(38)36-28-11-9-8-10-26(28)35-27-19-25(24-17-18-30(39-3)31(21-24)40-4)20-29(37)33(27)34(36)23-15-13-22(2)14-16-23/h8-11,13-18,21,25,34-35H,5-7,12,19-20H2,1-4H3/t25-,34-/m1/s1. The molecule has 0 spiro atoms. The number of para-hydroxylation sites is 2. The Morgan fingerprint density at radius 1 is 0.925 bits per heavy atom. The van der Waals surface area contributed by atoms with Crippen LogP contribution >= 0.6 is 0 Å². The van der Waals surface area contributed by atoms with Crippen molar-refractivity contribution >= 4 is 23.1 Å². The van der Waals surface area contributed by atoms with Gasteiger partial charge in [-0.15, -0.1) is 0 Å². The summed E-state index contributed by atoms with van der Waals surface area (Å²) >= 11 is 0. The van der Waals surface area contributed by atoms with Gasteiger partial charge in [0.25, 0.3) is 0 Å². The fraction of sp³-hybridized carbons (Fsp3) is 0.353. The molecule has 0 saturated heterocycles. The van der Waals surface area contributed by atoms with E-state index >= 15 is 0 Å². The Morgan fingerprint density at radius 3 is 2.38 bits per heavy atom. The van der Waals surface area contributed by atoms with E-state index in [-0.39, 0.29) is 17.6 Å². The van der Waals surface area contributed by atoms with Crippen LogP contribution in [-0.4, -0.2) is 25.9 Å². The average Bonchev–Trinajstić information content (AvgIpc) is 3.12. The monoisotopic (exact) mass is 538 g/mol. The highest BCUT2D eigenvalue weighted by molar-refractivity contribution is 6.06. The topological polar surface area (TPSA) is 67.9 Å². The van der Waals surface area contributed by atoms with Gasteiger partial charge in [-0.25, -0.2) is 0 Å². The zero-order valence-electron chi connectivity index (χ0n) is 23.8. The van der Waals surface area contributed by atoms with E-state index in [1.807, 2.05) is 54.3 Å². The van der Waals surface area contributed by atoms with Crippen LogP contribution in [0, 0.1) is 6.92 Å². The Labute approximate surface area is 237 Å². The molecule has 2 aliphatic rings. The van der Waals surface area contributed by atoms with Crippen molar-refractivity contribution in [3.8, 4) is 11.5 Å². The van der Waals surface area contributed by atoms with Crippen molar-refractivity contribution in [2.75, 3.05) is 24.4 Å². The number of amides is 1. The average molecular weight is 539 g/mol. The molecule has 1 aliphatic carbocycles. The molecular formula is C34H38N2O4. The summed E-state index contributed by atoms with van der Waals surface area (Å²) < 4.78 is 11.0. The molecule has 40 heavy (non-hydrogen) atoms. The summed E-state index contributed by atoms with van der Waals surface area (Å²) in [7, 11) is 3.24. The molecule has 5 rings (SSSR count). The van der Waals surface area contributed by atoms with Gasteiger partial charge in [0.05, 0.1) is 31.6 Å². The van der Waals surface area contributed by atoms with Crippen LogP contribution < -0.4 is 19.7 Å². The van der Waals surface area contributed by atoms with Gasteiger partial charge in [-0.1, -0.05) is 67.8 Å². The summed E-state index contributed by atoms with van der Waals surface area (Å²) in [6.45, 7) is 4.18. The molecular weight excluding hydrogens is 500 g/mol. The smallest absolute Gasteiger partial charge is 0.227 e. The van der Waals surface area contributed by atoms with Crippen molar-refractivity contribution in [1.82, 2.24) is 0 Å². The van der Waals surface area contributed by atoms with Gasteiger partial charge in [0.1, 0.15) is 0 Å². The predicted molar refractivity (Wildman–Crippen MR) is 159 cm³/mol. The number of Topliss-reactive ketones (excluding diaryl/α,β-unsaturated/α-hetero) is 1. The molecule has 0 unspecified atom stereocenters. The zero-order chi connectivity index (χ0) is 28.2. The minimum absolute atomic E-state index is 0.0313. The third kappa shape index (κ3) is 5.35. The summed E-state index contributed by atoms with van der Waals surface area (Å²) in [5, 5.41) is 3.61. The quantitative estimate of drug-likeness (QED) is 0.301. The van der Waals surface area contributed by atoms with Gasteiger partial charge >= 0.3 is 0 Å². The van der Waals surface area contributed by atoms with Gasteiger partial charge < -0.3 is 14.8 Å². The molecule has 6 nitrogen and oxygen atoms in total. The van der Waals surface area contributed by atoms with Gasteiger partial charge in [-0.05, 0) is 61.1 Å². The van der Waals surface area contributed by atoms with Gasteiger partial charge in [0.15, 0.2) is 17.3 Å². The van der Waals surface area contributed by atoms with E-state index in [0.29, 0.717) is 36.3 Å². The van der Waals surface area contributed by atoms with Crippen LogP contribution in [0.3, 0.4) is 0 Å². The number of nitrogens with one attached hydrogen (secondary N) is 1. The Hall–Kier alpha value is -4.06. The molecule has 3 aromatic carbocycles. The number of hydrogen-bond donors (Lipinski definition) is 1. The number of ketones is 1. The molecule has 6 heteroatoms. The molecule has 0 saturated carbocycles. The summed E-state index contributed by atoms with van der Waals surface area (Å²) in [6.07, 6.45) is 4.29. The number of fused-ring (bicyclic) bond motifs is 1. The molecule has 1 aliphatic heterocycles. The molecule has 0 radical (unpaired) electrons. The highest BCUT2D eigenvalue weighted by atomic mass is 16.5. The van der Waals surface area contributed by atoms with Crippen LogP contribution in [0.25, 0.3) is 0 Å². The number of ether oxygens (including phenoxy) is 2. The van der Waals surface area contributed by atoms with Gasteiger partial charge in [-0.2, -0.15) is 0 Å². The minimum atomic E-state index is -0.500. The molecule has 208 valence electrons. The normalized spacial score (nSPS) is 18.4. The van der Waals surface area contributed by atoms with Crippen molar-refractivity contribution in [1.29, 1.82) is 0 Å². The Bertz CT molecular complexity index is 1430. The van der Waals surface area contributed by atoms with Crippen molar-refractivity contribution in [3.05, 3.63) is 94.7 Å². The van der Waals surface area contributed by atoms with E-state index in [1.165, 1.54) is 0 Å². The second-order valence-electron chi connectivity index (χ2n) is 10.7. The van der Waals surface area contributed by atoms with Gasteiger partial charge in [-0.3, -0.25) is 14.5 Å². The maximum atomic E-state index is 14.2. The molecule has 2 atom stereocenters. The van der Waals surface area contributed by atoms with Crippen molar-refractivity contribution in [2.45, 2.75) is 64.3 Å². The van der Waals surface area contributed by atoms with Crippen LogP contribution in [0.15, 0.2) is 78.0 Å². The third-order valence-electron chi connectivity index (χ3n) is 8.02. The van der Waals surface area contributed by atoms with Crippen molar-refractivity contribution < 1.29 is 19.1 Å². The second kappa shape index (κ2) is 12.0. The number of allylic oxidation sites excluding steroid dienone is 1. The highest BCUT2D eigenvalue weighted by Crippen LogP contribution is 2.48. The lowest BCUT2D eigenvalue weighted by Crippen LogP contribution is -2.38. The van der Waals surface area contributed by atoms with E-state index < -0.39 is 6.04 Å². The fourth-order valence-corrected chi connectivity index (χ4v) is 5.92. The number of hydrogen-bond acceptors (Lipinski definition) is 5. The lowest BCUT2D eigenvalue weighted by atomic mass is 9.78. The molecule has 3 aromatic rings. The summed E-state index contributed by atoms with van der Waals surface area (Å²) in [4.78, 5) is 30.0. The molecule has 0 bridgehead atoms. The van der Waals surface area contributed by atoms with Gasteiger partial charge in [0, 0.05) is 24.1 Å². The number of carbonyl (C=O) groups excluding carboxylic acids is 2. The second-order valence-corrected chi connectivity index (χ2v) is 10.7. The number of benzene rings is 3. The fourth-order valence-electron chi connectivity index (χ4n) is 5.92. The minimum Gasteiger partial charge on any atom is -0.493 e. The predicted octanol–water partition coefficient (Wildman–Crippen LogP) is 7.49. The SMILES string of the molecule is CCCCCC(=O)N1c2ccccc2NC2=C(C(=O)C[C@H](c3ccc(OC)c(OC)c3)C2)[C@H]1c1ccc(C)cc1. The first kappa shape index (κ1) is 27.5. The number of aryl methyl sites for hydroxylation is 1. The summed E-state index contributed by atoms with van der Waals surface area (Å²) in [5.41, 5.74) is 6.30. The van der Waals surface area contributed by atoms with Crippen molar-refractivity contribution in [3.63, 3.8) is 0 Å². The zero-order valence-corrected chi connectivity index (χ0v) is 23.8. The molecule has 0 fully saturated rings. The lowest BCUT2D eigenvalue weighted by molar-refractivity contribution is -0.119. The van der Waals surface area contributed by atoms with E-state index in [2.05, 4.69) is 36.5 Å². The number of rotatable bonds is 8. The van der Waals surface area contributed by atoms with E-state index in [4.69, 9.17) is 9.47 Å². The van der Waals surface area contributed by atoms with Crippen molar-refractivity contribution in [2.24, 2.45) is 0 Å². The number of nitrogens with zero attached hydrogens (tertiary/aromatic N) is 1. The first-order valence-corrected chi connectivity index (χ1v) is 14.2. The summed E-state index contributed by atoms with van der Waals surface area (Å²) in [5.74, 6) is 1.37. The molecule has 1 heterocycles. The molecule has 0 aromatic heterocycles. The Morgan fingerprint density at radius 2 is 1.65 bits per heavy atom. The van der Waals surface area contributed by atoms with E-state index in [1.54, 1.807) is 14.2 Å². The lowest BCUT2D eigenvalue weighted by Gasteiger charge is -2.35. The highest BCUT2D eigenvalue weighted by Gasteiger charge is 2.41. The third-order valence-corrected chi connectivity index (χ3v) is 8.02. The van der Waals surface area contributed by atoms with Gasteiger partial charge in [0.2, 0.25) is 5.91 Å².